The molecule has 1 unspecified atom stereocenters. The molecule has 3 amide bonds. The van der Waals surface area contributed by atoms with Crippen LogP contribution in [0, 0.1) is 6.92 Å². The van der Waals surface area contributed by atoms with Crippen LogP contribution >= 0.6 is 11.3 Å². The number of thiazole rings is 1. The molecule has 2 aromatic heterocycles. The van der Waals surface area contributed by atoms with E-state index in [1.54, 1.807) is 31.5 Å². The van der Waals surface area contributed by atoms with Crippen LogP contribution in [-0.2, 0) is 21.7 Å². The Bertz CT molecular complexity index is 1340. The molecule has 0 fully saturated rings. The first kappa shape index (κ1) is 22.8. The Morgan fingerprint density at radius 1 is 1.18 bits per heavy atom. The lowest BCUT2D eigenvalue weighted by atomic mass is 10.1. The third-order valence-corrected chi connectivity index (χ3v) is 7.30. The van der Waals surface area contributed by atoms with Gasteiger partial charge in [-0.05, 0) is 25.5 Å². The van der Waals surface area contributed by atoms with Gasteiger partial charge in [0.15, 0.2) is 11.0 Å². The molecular weight excluding hydrogens is 466 g/mol. The van der Waals surface area contributed by atoms with Crippen LogP contribution in [0.25, 0.3) is 10.7 Å². The lowest BCUT2D eigenvalue weighted by Crippen LogP contribution is -2.48. The molecule has 1 aliphatic heterocycles. The molecule has 4 rings (SSSR count). The predicted molar refractivity (Wildman–Crippen MR) is 123 cm³/mol. The molecular formula is C21H21N5O5S2. The van der Waals surface area contributed by atoms with Crippen LogP contribution in [0.1, 0.15) is 32.8 Å². The van der Waals surface area contributed by atoms with Gasteiger partial charge in [0, 0.05) is 25.7 Å². The molecule has 1 aromatic carbocycles. The quantitative estimate of drug-likeness (QED) is 0.504. The van der Waals surface area contributed by atoms with Crippen molar-refractivity contribution in [2.24, 2.45) is 7.05 Å². The summed E-state index contributed by atoms with van der Waals surface area (Å²) in [5.41, 5.74) is 1.02. The third kappa shape index (κ3) is 4.44. The molecule has 0 saturated heterocycles. The summed E-state index contributed by atoms with van der Waals surface area (Å²) in [5.74, 6) is -1.64. The Morgan fingerprint density at radius 3 is 2.36 bits per heavy atom. The number of fused-ring (bicyclic) bond motifs is 1. The molecule has 10 nitrogen and oxygen atoms in total. The Morgan fingerprint density at radius 2 is 1.82 bits per heavy atom. The first-order valence-electron chi connectivity index (χ1n) is 9.97. The van der Waals surface area contributed by atoms with Crippen molar-refractivity contribution in [3.63, 3.8) is 0 Å². The fraction of sp³-hybridized carbons (Fsp3) is 0.286. The molecule has 0 bridgehead atoms. The number of hydrogen-bond acceptors (Lipinski definition) is 8. The molecule has 172 valence electrons. The van der Waals surface area contributed by atoms with Crippen LogP contribution in [-0.4, -0.2) is 63.6 Å². The maximum atomic E-state index is 13.2. The SMILES string of the molecule is Cc1nc(NC(=O)C(CCS(C)(=O)=O)N2C(=O)c3ccccc3C2=O)sc1-c1nccn1C. The summed E-state index contributed by atoms with van der Waals surface area (Å²) in [7, 11) is -1.61. The number of rotatable bonds is 7. The van der Waals surface area contributed by atoms with Crippen molar-refractivity contribution in [2.75, 3.05) is 17.3 Å². The van der Waals surface area contributed by atoms with Crippen LogP contribution < -0.4 is 5.32 Å². The summed E-state index contributed by atoms with van der Waals surface area (Å²) in [6.07, 6.45) is 4.24. The fourth-order valence-electron chi connectivity index (χ4n) is 3.62. The van der Waals surface area contributed by atoms with Gasteiger partial charge in [-0.2, -0.15) is 0 Å². The van der Waals surface area contributed by atoms with Crippen molar-refractivity contribution in [1.82, 2.24) is 19.4 Å². The van der Waals surface area contributed by atoms with Crippen LogP contribution in [0.15, 0.2) is 36.7 Å². The number of aromatic nitrogens is 3. The van der Waals surface area contributed by atoms with E-state index in [1.165, 1.54) is 23.5 Å². The van der Waals surface area contributed by atoms with E-state index in [0.29, 0.717) is 11.5 Å². The van der Waals surface area contributed by atoms with Crippen molar-refractivity contribution in [3.8, 4) is 10.7 Å². The number of sulfone groups is 1. The zero-order chi connectivity index (χ0) is 23.9. The third-order valence-electron chi connectivity index (χ3n) is 5.25. The zero-order valence-electron chi connectivity index (χ0n) is 18.1. The lowest BCUT2D eigenvalue weighted by Gasteiger charge is -2.24. The van der Waals surface area contributed by atoms with E-state index in [2.05, 4.69) is 15.3 Å². The maximum absolute atomic E-state index is 13.2. The highest BCUT2D eigenvalue weighted by Crippen LogP contribution is 2.32. The molecule has 33 heavy (non-hydrogen) atoms. The highest BCUT2D eigenvalue weighted by molar-refractivity contribution is 7.90. The summed E-state index contributed by atoms with van der Waals surface area (Å²) in [6, 6.07) is 4.94. The summed E-state index contributed by atoms with van der Waals surface area (Å²) in [6.45, 7) is 1.78. The number of nitrogens with zero attached hydrogens (tertiary/aromatic N) is 4. The Labute approximate surface area is 194 Å². The van der Waals surface area contributed by atoms with E-state index in [4.69, 9.17) is 0 Å². The van der Waals surface area contributed by atoms with Crippen molar-refractivity contribution in [2.45, 2.75) is 19.4 Å². The van der Waals surface area contributed by atoms with Crippen molar-refractivity contribution < 1.29 is 22.8 Å². The molecule has 0 saturated carbocycles. The Balaban J connectivity index is 1.63. The standard InChI is InChI=1S/C21H21N5O5S2/c1-12-16(17-22-9-10-25(17)2)32-21(23-12)24-18(27)15(8-11-33(3,30)31)26-19(28)13-6-4-5-7-14(13)20(26)29/h4-7,9-10,15H,8,11H2,1-3H3,(H,23,24,27). The average Bonchev–Trinajstić information content (AvgIpc) is 3.39. The number of carbonyl (C=O) groups is 3. The Hall–Kier alpha value is -3.38. The number of hydrogen-bond donors (Lipinski definition) is 1. The molecule has 3 heterocycles. The van der Waals surface area contributed by atoms with E-state index >= 15 is 0 Å². The van der Waals surface area contributed by atoms with Gasteiger partial charge in [0.05, 0.1) is 27.5 Å². The molecule has 1 atom stereocenters. The van der Waals surface area contributed by atoms with Crippen LogP contribution in [0.3, 0.4) is 0 Å². The second-order valence-corrected chi connectivity index (χ2v) is 11.0. The van der Waals surface area contributed by atoms with Gasteiger partial charge in [-0.25, -0.2) is 18.4 Å². The smallest absolute Gasteiger partial charge is 0.262 e. The van der Waals surface area contributed by atoms with Gasteiger partial charge in [0.2, 0.25) is 5.91 Å². The number of amides is 3. The minimum absolute atomic E-state index is 0.182. The molecule has 3 aromatic rings. The first-order valence-corrected chi connectivity index (χ1v) is 12.8. The molecule has 1 N–H and O–H groups in total. The van der Waals surface area contributed by atoms with Gasteiger partial charge in [-0.15, -0.1) is 0 Å². The summed E-state index contributed by atoms with van der Waals surface area (Å²) in [5, 5.41) is 2.92. The summed E-state index contributed by atoms with van der Waals surface area (Å²) >= 11 is 1.20. The molecule has 1 aliphatic rings. The summed E-state index contributed by atoms with van der Waals surface area (Å²) in [4.78, 5) is 49.3. The Kier molecular flexibility index (Phi) is 5.89. The van der Waals surface area contributed by atoms with Gasteiger partial charge in [0.1, 0.15) is 15.9 Å². The number of imide groups is 1. The van der Waals surface area contributed by atoms with Gasteiger partial charge >= 0.3 is 0 Å². The monoisotopic (exact) mass is 487 g/mol. The number of aryl methyl sites for hydroxylation is 2. The normalized spacial score (nSPS) is 14.5. The van der Waals surface area contributed by atoms with E-state index in [0.717, 1.165) is 16.0 Å². The van der Waals surface area contributed by atoms with E-state index in [9.17, 15) is 22.8 Å². The first-order chi connectivity index (χ1) is 15.6. The molecule has 0 radical (unpaired) electrons. The number of carbonyl (C=O) groups excluding carboxylic acids is 3. The fourth-order valence-corrected chi connectivity index (χ4v) is 5.28. The van der Waals surface area contributed by atoms with E-state index in [-0.39, 0.29) is 28.4 Å². The van der Waals surface area contributed by atoms with Crippen LogP contribution in [0.4, 0.5) is 5.13 Å². The van der Waals surface area contributed by atoms with Crippen molar-refractivity contribution in [3.05, 3.63) is 53.5 Å². The topological polar surface area (TPSA) is 131 Å². The highest BCUT2D eigenvalue weighted by Gasteiger charge is 2.43. The minimum atomic E-state index is -3.45. The lowest BCUT2D eigenvalue weighted by molar-refractivity contribution is -0.120. The highest BCUT2D eigenvalue weighted by atomic mass is 32.2. The number of benzene rings is 1. The number of anilines is 1. The van der Waals surface area contributed by atoms with E-state index in [1.807, 2.05) is 11.6 Å². The molecule has 0 spiro atoms. The second-order valence-electron chi connectivity index (χ2n) is 7.74. The molecule has 0 aliphatic carbocycles. The van der Waals surface area contributed by atoms with Gasteiger partial charge < -0.3 is 9.88 Å². The maximum Gasteiger partial charge on any atom is 0.262 e. The van der Waals surface area contributed by atoms with E-state index < -0.39 is 33.6 Å². The minimum Gasteiger partial charge on any atom is -0.333 e. The predicted octanol–water partition coefficient (Wildman–Crippen LogP) is 1.89. The van der Waals surface area contributed by atoms with Crippen LogP contribution in [0.2, 0.25) is 0 Å². The van der Waals surface area contributed by atoms with Gasteiger partial charge in [-0.3, -0.25) is 19.3 Å². The van der Waals surface area contributed by atoms with Gasteiger partial charge in [0.25, 0.3) is 11.8 Å². The number of nitrogens with one attached hydrogen (secondary N) is 1. The summed E-state index contributed by atoms with van der Waals surface area (Å²) < 4.78 is 25.4. The zero-order valence-corrected chi connectivity index (χ0v) is 19.7. The molecule has 12 heteroatoms. The number of imidazole rings is 1. The van der Waals surface area contributed by atoms with Gasteiger partial charge in [-0.1, -0.05) is 23.5 Å². The average molecular weight is 488 g/mol. The largest absolute Gasteiger partial charge is 0.333 e. The van der Waals surface area contributed by atoms with Crippen molar-refractivity contribution in [1.29, 1.82) is 0 Å². The second kappa shape index (κ2) is 8.52. The van der Waals surface area contributed by atoms with Crippen molar-refractivity contribution >= 4 is 44.0 Å². The van der Waals surface area contributed by atoms with Crippen LogP contribution in [0.5, 0.6) is 0 Å².